The molecule has 72 valence electrons. The maximum atomic E-state index is 11.4. The maximum absolute atomic E-state index is 11.4. The van der Waals surface area contributed by atoms with Gasteiger partial charge in [0.1, 0.15) is 5.82 Å². The van der Waals surface area contributed by atoms with Gasteiger partial charge in [-0.1, -0.05) is 0 Å². The molecular weight excluding hydrogens is 168 g/mol. The van der Waals surface area contributed by atoms with Crippen molar-refractivity contribution >= 4 is 11.7 Å². The van der Waals surface area contributed by atoms with E-state index in [4.69, 9.17) is 5.73 Å². The molecule has 0 spiro atoms. The lowest BCUT2D eigenvalue weighted by Crippen LogP contribution is -2.45. The zero-order valence-corrected chi connectivity index (χ0v) is 8.03. The number of nitrogens with two attached hydrogens (primary N) is 1. The van der Waals surface area contributed by atoms with Crippen molar-refractivity contribution in [2.45, 2.75) is 19.4 Å². The van der Waals surface area contributed by atoms with Crippen molar-refractivity contribution < 1.29 is 4.79 Å². The van der Waals surface area contributed by atoms with Crippen LogP contribution in [-0.4, -0.2) is 21.2 Å². The van der Waals surface area contributed by atoms with E-state index in [0.717, 1.165) is 0 Å². The number of rotatable bonds is 2. The van der Waals surface area contributed by atoms with E-state index >= 15 is 0 Å². The van der Waals surface area contributed by atoms with Gasteiger partial charge in [-0.15, -0.1) is 0 Å². The summed E-state index contributed by atoms with van der Waals surface area (Å²) in [4.78, 5) is 11.4. The van der Waals surface area contributed by atoms with Gasteiger partial charge in [0.05, 0.1) is 11.7 Å². The highest BCUT2D eigenvalue weighted by Crippen LogP contribution is 2.06. The number of anilines is 1. The lowest BCUT2D eigenvalue weighted by Gasteiger charge is -2.17. The van der Waals surface area contributed by atoms with Crippen LogP contribution in [0.5, 0.6) is 0 Å². The topological polar surface area (TPSA) is 72.9 Å². The zero-order chi connectivity index (χ0) is 10.1. The Balaban J connectivity index is 2.71. The summed E-state index contributed by atoms with van der Waals surface area (Å²) >= 11 is 0. The van der Waals surface area contributed by atoms with E-state index < -0.39 is 5.54 Å². The predicted octanol–water partition coefficient (Wildman–Crippen LogP) is 0.0959. The van der Waals surface area contributed by atoms with Crippen molar-refractivity contribution in [3.8, 4) is 0 Å². The molecule has 1 amide bonds. The van der Waals surface area contributed by atoms with Crippen molar-refractivity contribution in [2.75, 3.05) is 5.32 Å². The summed E-state index contributed by atoms with van der Waals surface area (Å²) in [6.45, 7) is 3.30. The lowest BCUT2D eigenvalue weighted by molar-refractivity contribution is -0.120. The second-order valence-electron chi connectivity index (χ2n) is 3.52. The smallest absolute Gasteiger partial charge is 0.245 e. The highest BCUT2D eigenvalue weighted by atomic mass is 16.2. The number of hydrogen-bond acceptors (Lipinski definition) is 3. The highest BCUT2D eigenvalue weighted by molar-refractivity contribution is 5.96. The molecule has 3 N–H and O–H groups in total. The van der Waals surface area contributed by atoms with Crippen molar-refractivity contribution in [2.24, 2.45) is 12.8 Å². The molecule has 0 aliphatic carbocycles. The van der Waals surface area contributed by atoms with Gasteiger partial charge < -0.3 is 11.1 Å². The van der Waals surface area contributed by atoms with E-state index in [1.54, 1.807) is 37.8 Å². The van der Waals surface area contributed by atoms with E-state index in [9.17, 15) is 4.79 Å². The van der Waals surface area contributed by atoms with Crippen LogP contribution in [0.15, 0.2) is 12.3 Å². The number of hydrogen-bond donors (Lipinski definition) is 2. The number of carbonyl (C=O) groups is 1. The summed E-state index contributed by atoms with van der Waals surface area (Å²) in [6, 6.07) is 1.71. The van der Waals surface area contributed by atoms with Crippen LogP contribution in [0.2, 0.25) is 0 Å². The monoisotopic (exact) mass is 182 g/mol. The Morgan fingerprint density at radius 1 is 1.69 bits per heavy atom. The number of nitrogens with one attached hydrogen (secondary N) is 1. The summed E-state index contributed by atoms with van der Waals surface area (Å²) in [5, 5.41) is 6.58. The molecule has 0 aromatic carbocycles. The van der Waals surface area contributed by atoms with Gasteiger partial charge in [-0.05, 0) is 13.8 Å². The number of amides is 1. The fraction of sp³-hybridized carbons (Fsp3) is 0.500. The van der Waals surface area contributed by atoms with E-state index in [2.05, 4.69) is 10.4 Å². The molecule has 1 rings (SSSR count). The third kappa shape index (κ3) is 2.29. The van der Waals surface area contributed by atoms with Crippen LogP contribution in [0.1, 0.15) is 13.8 Å². The van der Waals surface area contributed by atoms with Crippen LogP contribution in [-0.2, 0) is 11.8 Å². The lowest BCUT2D eigenvalue weighted by atomic mass is 10.1. The third-order valence-corrected chi connectivity index (χ3v) is 1.65. The summed E-state index contributed by atoms with van der Waals surface area (Å²) in [5.74, 6) is 0.416. The first-order chi connectivity index (χ1) is 5.91. The van der Waals surface area contributed by atoms with Crippen LogP contribution < -0.4 is 11.1 Å². The summed E-state index contributed by atoms with van der Waals surface area (Å²) in [7, 11) is 1.75. The summed E-state index contributed by atoms with van der Waals surface area (Å²) < 4.78 is 1.57. The molecule has 0 aliphatic rings. The van der Waals surface area contributed by atoms with Gasteiger partial charge in [0.15, 0.2) is 0 Å². The van der Waals surface area contributed by atoms with Crippen LogP contribution in [0, 0.1) is 0 Å². The molecule has 0 fully saturated rings. The van der Waals surface area contributed by atoms with Crippen LogP contribution in [0.4, 0.5) is 5.82 Å². The van der Waals surface area contributed by atoms with Crippen molar-refractivity contribution in [3.05, 3.63) is 12.3 Å². The predicted molar refractivity (Wildman–Crippen MR) is 50.1 cm³/mol. The molecule has 0 bridgehead atoms. The van der Waals surface area contributed by atoms with Gasteiger partial charge in [-0.25, -0.2) is 0 Å². The second kappa shape index (κ2) is 3.18. The fourth-order valence-electron chi connectivity index (χ4n) is 0.774. The number of nitrogens with zero attached hydrogens (tertiary/aromatic N) is 2. The van der Waals surface area contributed by atoms with Crippen LogP contribution >= 0.6 is 0 Å². The first-order valence-electron chi connectivity index (χ1n) is 3.99. The van der Waals surface area contributed by atoms with Gasteiger partial charge in [-0.2, -0.15) is 5.10 Å². The average Bonchev–Trinajstić information content (AvgIpc) is 2.34. The van der Waals surface area contributed by atoms with E-state index in [1.165, 1.54) is 0 Å². The molecule has 0 unspecified atom stereocenters. The first-order valence-corrected chi connectivity index (χ1v) is 3.99. The van der Waals surface area contributed by atoms with E-state index in [-0.39, 0.29) is 5.91 Å². The zero-order valence-electron chi connectivity index (χ0n) is 8.03. The molecule has 0 saturated carbocycles. The Hall–Kier alpha value is -1.36. The largest absolute Gasteiger partial charge is 0.318 e. The van der Waals surface area contributed by atoms with Crippen LogP contribution in [0.25, 0.3) is 0 Å². The van der Waals surface area contributed by atoms with Gasteiger partial charge >= 0.3 is 0 Å². The number of carbonyl (C=O) groups excluding carboxylic acids is 1. The minimum atomic E-state index is -0.871. The Bertz CT molecular complexity index is 310. The molecule has 0 atom stereocenters. The maximum Gasteiger partial charge on any atom is 0.245 e. The SMILES string of the molecule is Cn1nccc1NC(=O)C(C)(C)N. The Labute approximate surface area is 76.9 Å². The summed E-state index contributed by atoms with van der Waals surface area (Å²) in [5.41, 5.74) is 4.73. The highest BCUT2D eigenvalue weighted by Gasteiger charge is 2.22. The molecular formula is C8H14N4O. The van der Waals surface area contributed by atoms with Gasteiger partial charge in [-0.3, -0.25) is 9.48 Å². The average molecular weight is 182 g/mol. The minimum Gasteiger partial charge on any atom is -0.318 e. The van der Waals surface area contributed by atoms with Crippen molar-refractivity contribution in [1.29, 1.82) is 0 Å². The Morgan fingerprint density at radius 3 is 2.69 bits per heavy atom. The minimum absolute atomic E-state index is 0.226. The normalized spacial score (nSPS) is 11.4. The van der Waals surface area contributed by atoms with Crippen molar-refractivity contribution in [3.63, 3.8) is 0 Å². The molecule has 0 radical (unpaired) electrons. The van der Waals surface area contributed by atoms with Gasteiger partial charge in [0.2, 0.25) is 5.91 Å². The molecule has 1 heterocycles. The van der Waals surface area contributed by atoms with Crippen LogP contribution in [0.3, 0.4) is 0 Å². The fourth-order valence-corrected chi connectivity index (χ4v) is 0.774. The van der Waals surface area contributed by atoms with Gasteiger partial charge in [0.25, 0.3) is 0 Å². The Kier molecular flexibility index (Phi) is 2.38. The third-order valence-electron chi connectivity index (χ3n) is 1.65. The second-order valence-corrected chi connectivity index (χ2v) is 3.52. The quantitative estimate of drug-likeness (QED) is 0.681. The first kappa shape index (κ1) is 9.73. The Morgan fingerprint density at radius 2 is 2.31 bits per heavy atom. The van der Waals surface area contributed by atoms with Gasteiger partial charge in [0, 0.05) is 13.1 Å². The van der Waals surface area contributed by atoms with E-state index in [0.29, 0.717) is 5.82 Å². The van der Waals surface area contributed by atoms with Crippen molar-refractivity contribution in [1.82, 2.24) is 9.78 Å². The number of aryl methyl sites for hydroxylation is 1. The number of aromatic nitrogens is 2. The molecule has 1 aromatic rings. The molecule has 5 nitrogen and oxygen atoms in total. The molecule has 13 heavy (non-hydrogen) atoms. The molecule has 5 heteroatoms. The standard InChI is InChI=1S/C8H14N4O/c1-8(2,9)7(13)11-6-4-5-10-12(6)3/h4-5H,9H2,1-3H3,(H,11,13). The summed E-state index contributed by atoms with van der Waals surface area (Å²) in [6.07, 6.45) is 1.61. The van der Waals surface area contributed by atoms with E-state index in [1.807, 2.05) is 0 Å². The molecule has 0 saturated heterocycles. The molecule has 1 aromatic heterocycles. The molecule has 0 aliphatic heterocycles.